The fraction of sp³-hybridized carbons (Fsp3) is 0.556. The van der Waals surface area contributed by atoms with E-state index in [1.807, 2.05) is 0 Å². The highest BCUT2D eigenvalue weighted by Crippen LogP contribution is 1.99. The van der Waals surface area contributed by atoms with Gasteiger partial charge in [-0.15, -0.1) is 0 Å². The first-order chi connectivity index (χ1) is 7.38. The van der Waals surface area contributed by atoms with E-state index in [0.29, 0.717) is 18.7 Å². The van der Waals surface area contributed by atoms with Crippen molar-refractivity contribution in [3.63, 3.8) is 0 Å². The fourth-order valence-electron chi connectivity index (χ4n) is 1.11. The van der Waals surface area contributed by atoms with Crippen LogP contribution in [0.15, 0.2) is 12.3 Å². The Morgan fingerprint density at radius 2 is 2.25 bits per heavy atom. The predicted octanol–water partition coefficient (Wildman–Crippen LogP) is 0.452. The summed E-state index contributed by atoms with van der Waals surface area (Å²) >= 11 is 0. The topological polar surface area (TPSA) is 78.3 Å². The largest absolute Gasteiger partial charge is 0.293 e. The lowest BCUT2D eigenvalue weighted by Gasteiger charge is -2.01. The van der Waals surface area contributed by atoms with Crippen molar-refractivity contribution in [3.8, 4) is 0 Å². The van der Waals surface area contributed by atoms with Crippen molar-refractivity contribution in [1.29, 1.82) is 0 Å². The van der Waals surface area contributed by atoms with Crippen LogP contribution in [-0.2, 0) is 20.8 Å². The Balaban J connectivity index is 2.35. The van der Waals surface area contributed by atoms with Crippen molar-refractivity contribution in [1.82, 2.24) is 9.78 Å². The number of rotatable bonds is 6. The summed E-state index contributed by atoms with van der Waals surface area (Å²) in [6.07, 6.45) is 3.21. The second kappa shape index (κ2) is 5.22. The van der Waals surface area contributed by atoms with Crippen molar-refractivity contribution < 1.29 is 17.4 Å². The minimum Gasteiger partial charge on any atom is -0.293 e. The van der Waals surface area contributed by atoms with Crippen LogP contribution >= 0.6 is 0 Å². The second-order valence-corrected chi connectivity index (χ2v) is 5.04. The number of carbonyl (C=O) groups is 1. The molecule has 1 aromatic rings. The first-order valence-electron chi connectivity index (χ1n) is 4.77. The van der Waals surface area contributed by atoms with E-state index in [-0.39, 0.29) is 12.4 Å². The van der Waals surface area contributed by atoms with Crippen LogP contribution in [0.2, 0.25) is 0 Å². The molecular formula is C9H14N2O4S. The summed E-state index contributed by atoms with van der Waals surface area (Å²) in [6.45, 7) is 2.08. The lowest BCUT2D eigenvalue weighted by Crippen LogP contribution is -2.08. The maximum atomic E-state index is 10.9. The molecule has 0 saturated carbocycles. The SMILES string of the molecule is CC(=O)c1ccn(CCCOS(C)(=O)=O)n1. The molecule has 0 aromatic carbocycles. The number of carbonyl (C=O) groups excluding carboxylic acids is 1. The fourth-order valence-corrected chi connectivity index (χ4v) is 1.53. The summed E-state index contributed by atoms with van der Waals surface area (Å²) in [5.74, 6) is -0.0915. The number of Topliss-reactive ketones (excluding diaryl/α,β-unsaturated/α-hetero) is 1. The molecule has 0 saturated heterocycles. The minimum absolute atomic E-state index is 0.0915. The number of nitrogens with zero attached hydrogens (tertiary/aromatic N) is 2. The third-order valence-corrected chi connectivity index (χ3v) is 2.43. The highest BCUT2D eigenvalue weighted by atomic mass is 32.2. The lowest BCUT2D eigenvalue weighted by atomic mass is 10.3. The van der Waals surface area contributed by atoms with E-state index in [1.165, 1.54) is 6.92 Å². The molecular weight excluding hydrogens is 232 g/mol. The lowest BCUT2D eigenvalue weighted by molar-refractivity contribution is 0.101. The van der Waals surface area contributed by atoms with Gasteiger partial charge in [0.1, 0.15) is 5.69 Å². The molecule has 0 aliphatic heterocycles. The Morgan fingerprint density at radius 1 is 1.56 bits per heavy atom. The molecule has 90 valence electrons. The summed E-state index contributed by atoms with van der Waals surface area (Å²) in [5, 5.41) is 4.01. The van der Waals surface area contributed by atoms with E-state index >= 15 is 0 Å². The zero-order valence-electron chi connectivity index (χ0n) is 9.21. The van der Waals surface area contributed by atoms with E-state index in [9.17, 15) is 13.2 Å². The van der Waals surface area contributed by atoms with Crippen LogP contribution in [0.4, 0.5) is 0 Å². The number of hydrogen-bond acceptors (Lipinski definition) is 5. The van der Waals surface area contributed by atoms with Crippen LogP contribution in [0.5, 0.6) is 0 Å². The van der Waals surface area contributed by atoms with E-state index < -0.39 is 10.1 Å². The van der Waals surface area contributed by atoms with Gasteiger partial charge >= 0.3 is 0 Å². The number of aryl methyl sites for hydroxylation is 1. The first kappa shape index (κ1) is 12.9. The zero-order chi connectivity index (χ0) is 12.2. The monoisotopic (exact) mass is 246 g/mol. The Morgan fingerprint density at radius 3 is 2.75 bits per heavy atom. The van der Waals surface area contributed by atoms with Gasteiger partial charge in [0.15, 0.2) is 5.78 Å². The molecule has 0 amide bonds. The van der Waals surface area contributed by atoms with Gasteiger partial charge in [0.25, 0.3) is 10.1 Å². The van der Waals surface area contributed by atoms with Crippen molar-refractivity contribution in [2.75, 3.05) is 12.9 Å². The highest BCUT2D eigenvalue weighted by molar-refractivity contribution is 7.85. The van der Waals surface area contributed by atoms with Gasteiger partial charge in [-0.3, -0.25) is 13.7 Å². The molecule has 0 N–H and O–H groups in total. The van der Waals surface area contributed by atoms with Gasteiger partial charge in [0.2, 0.25) is 0 Å². The maximum absolute atomic E-state index is 10.9. The standard InChI is InChI=1S/C9H14N2O4S/c1-8(12)9-4-6-11(10-9)5-3-7-15-16(2,13)14/h4,6H,3,5,7H2,1-2H3. The van der Waals surface area contributed by atoms with Crippen molar-refractivity contribution >= 4 is 15.9 Å². The van der Waals surface area contributed by atoms with E-state index in [1.54, 1.807) is 16.9 Å². The molecule has 16 heavy (non-hydrogen) atoms. The molecule has 0 aliphatic carbocycles. The van der Waals surface area contributed by atoms with Crippen LogP contribution in [0.1, 0.15) is 23.8 Å². The van der Waals surface area contributed by atoms with Crippen LogP contribution in [0.3, 0.4) is 0 Å². The highest BCUT2D eigenvalue weighted by Gasteiger charge is 2.04. The molecule has 0 aliphatic rings. The van der Waals surface area contributed by atoms with Crippen molar-refractivity contribution in [2.45, 2.75) is 19.9 Å². The van der Waals surface area contributed by atoms with Crippen molar-refractivity contribution in [3.05, 3.63) is 18.0 Å². The van der Waals surface area contributed by atoms with Gasteiger partial charge in [0, 0.05) is 19.7 Å². The van der Waals surface area contributed by atoms with E-state index in [4.69, 9.17) is 0 Å². The third-order valence-electron chi connectivity index (χ3n) is 1.83. The van der Waals surface area contributed by atoms with Crippen LogP contribution < -0.4 is 0 Å². The molecule has 6 nitrogen and oxygen atoms in total. The predicted molar refractivity (Wildman–Crippen MR) is 57.6 cm³/mol. The zero-order valence-corrected chi connectivity index (χ0v) is 10.0. The quantitative estimate of drug-likeness (QED) is 0.414. The minimum atomic E-state index is -3.37. The van der Waals surface area contributed by atoms with E-state index in [2.05, 4.69) is 9.28 Å². The molecule has 0 unspecified atom stereocenters. The molecule has 0 atom stereocenters. The first-order valence-corrected chi connectivity index (χ1v) is 6.59. The third kappa shape index (κ3) is 4.54. The van der Waals surface area contributed by atoms with Gasteiger partial charge in [-0.05, 0) is 12.5 Å². The van der Waals surface area contributed by atoms with Gasteiger partial charge in [0.05, 0.1) is 12.9 Å². The number of hydrogen-bond donors (Lipinski definition) is 0. The van der Waals surface area contributed by atoms with Crippen LogP contribution in [0.25, 0.3) is 0 Å². The molecule has 0 bridgehead atoms. The summed E-state index contributed by atoms with van der Waals surface area (Å²) in [4.78, 5) is 10.9. The summed E-state index contributed by atoms with van der Waals surface area (Å²) in [6, 6.07) is 1.62. The number of ketones is 1. The average Bonchev–Trinajstić information content (AvgIpc) is 2.59. The van der Waals surface area contributed by atoms with Gasteiger partial charge in [-0.2, -0.15) is 13.5 Å². The summed E-state index contributed by atoms with van der Waals surface area (Å²) < 4.78 is 27.4. The molecule has 0 radical (unpaired) electrons. The Labute approximate surface area is 94.3 Å². The molecule has 1 aromatic heterocycles. The molecule has 1 rings (SSSR count). The van der Waals surface area contributed by atoms with E-state index in [0.717, 1.165) is 6.26 Å². The molecule has 0 spiro atoms. The van der Waals surface area contributed by atoms with Crippen molar-refractivity contribution in [2.24, 2.45) is 0 Å². The Hall–Kier alpha value is -1.21. The maximum Gasteiger partial charge on any atom is 0.264 e. The Bertz CT molecular complexity index is 464. The van der Waals surface area contributed by atoms with Gasteiger partial charge < -0.3 is 0 Å². The molecule has 1 heterocycles. The van der Waals surface area contributed by atoms with Crippen LogP contribution in [0, 0.1) is 0 Å². The average molecular weight is 246 g/mol. The Kier molecular flexibility index (Phi) is 4.19. The van der Waals surface area contributed by atoms with Gasteiger partial charge in [-0.1, -0.05) is 0 Å². The van der Waals surface area contributed by atoms with Gasteiger partial charge in [-0.25, -0.2) is 0 Å². The second-order valence-electron chi connectivity index (χ2n) is 3.40. The normalized spacial score (nSPS) is 11.6. The molecule has 7 heteroatoms. The number of aromatic nitrogens is 2. The summed E-state index contributed by atoms with van der Waals surface area (Å²) in [7, 11) is -3.37. The molecule has 0 fully saturated rings. The van der Waals surface area contributed by atoms with Crippen LogP contribution in [-0.4, -0.2) is 36.8 Å². The summed E-state index contributed by atoms with van der Waals surface area (Å²) in [5.41, 5.74) is 0.407. The smallest absolute Gasteiger partial charge is 0.264 e.